The molecule has 0 amide bonds. The van der Waals surface area contributed by atoms with Gasteiger partial charge in [-0.25, -0.2) is 0 Å². The highest BCUT2D eigenvalue weighted by atomic mass is 16.5. The van der Waals surface area contributed by atoms with Gasteiger partial charge in [0.1, 0.15) is 5.75 Å². The minimum atomic E-state index is -0.155. The molecule has 0 aliphatic carbocycles. The standard InChI is InChI=1S/C24H27N3O2/c1-19-7-5-16-26(19)17-6-18-29-22-12-10-21(11-13-22)27-24(28)15-14-23(25-27)20-8-3-2-4-9-20/h2-4,8-15,19H,5-7,16-18H2,1H3/t19-/m1/s1. The summed E-state index contributed by atoms with van der Waals surface area (Å²) in [6.45, 7) is 5.30. The van der Waals surface area contributed by atoms with E-state index in [9.17, 15) is 4.79 Å². The first-order chi connectivity index (χ1) is 14.2. The minimum Gasteiger partial charge on any atom is -0.494 e. The van der Waals surface area contributed by atoms with Crippen molar-refractivity contribution in [3.63, 3.8) is 0 Å². The molecule has 150 valence electrons. The van der Waals surface area contributed by atoms with Crippen LogP contribution in [0.25, 0.3) is 16.9 Å². The van der Waals surface area contributed by atoms with E-state index in [0.717, 1.165) is 35.7 Å². The predicted molar refractivity (Wildman–Crippen MR) is 116 cm³/mol. The molecule has 29 heavy (non-hydrogen) atoms. The topological polar surface area (TPSA) is 47.4 Å². The summed E-state index contributed by atoms with van der Waals surface area (Å²) in [6, 6.07) is 21.4. The van der Waals surface area contributed by atoms with Crippen LogP contribution in [0.1, 0.15) is 26.2 Å². The summed E-state index contributed by atoms with van der Waals surface area (Å²) in [4.78, 5) is 14.8. The molecule has 4 rings (SSSR count). The number of ether oxygens (including phenoxy) is 1. The van der Waals surface area contributed by atoms with Gasteiger partial charge in [-0.3, -0.25) is 4.79 Å². The van der Waals surface area contributed by atoms with Crippen LogP contribution >= 0.6 is 0 Å². The molecule has 0 bridgehead atoms. The third-order valence-electron chi connectivity index (χ3n) is 5.50. The van der Waals surface area contributed by atoms with Crippen LogP contribution in [-0.2, 0) is 0 Å². The van der Waals surface area contributed by atoms with Crippen LogP contribution in [0.4, 0.5) is 0 Å². The highest BCUT2D eigenvalue weighted by Gasteiger charge is 2.19. The molecular formula is C24H27N3O2. The van der Waals surface area contributed by atoms with Crippen molar-refractivity contribution >= 4 is 0 Å². The minimum absolute atomic E-state index is 0.155. The van der Waals surface area contributed by atoms with Crippen molar-refractivity contribution in [1.82, 2.24) is 14.7 Å². The Labute approximate surface area is 171 Å². The van der Waals surface area contributed by atoms with Gasteiger partial charge in [-0.05, 0) is 63.1 Å². The van der Waals surface area contributed by atoms with Crippen LogP contribution in [0, 0.1) is 0 Å². The second-order valence-electron chi connectivity index (χ2n) is 7.56. The fourth-order valence-electron chi connectivity index (χ4n) is 3.83. The van der Waals surface area contributed by atoms with Crippen molar-refractivity contribution in [3.05, 3.63) is 77.1 Å². The van der Waals surface area contributed by atoms with Crippen molar-refractivity contribution < 1.29 is 4.74 Å². The Morgan fingerprint density at radius 3 is 2.55 bits per heavy atom. The van der Waals surface area contributed by atoms with E-state index in [1.54, 1.807) is 12.1 Å². The maximum Gasteiger partial charge on any atom is 0.271 e. The van der Waals surface area contributed by atoms with Crippen LogP contribution in [0.3, 0.4) is 0 Å². The number of hydrogen-bond donors (Lipinski definition) is 0. The molecule has 5 heteroatoms. The number of aromatic nitrogens is 2. The van der Waals surface area contributed by atoms with E-state index in [4.69, 9.17) is 4.74 Å². The fraction of sp³-hybridized carbons (Fsp3) is 0.333. The van der Waals surface area contributed by atoms with Gasteiger partial charge in [0.25, 0.3) is 5.56 Å². The second kappa shape index (κ2) is 9.05. The van der Waals surface area contributed by atoms with E-state index in [1.807, 2.05) is 54.6 Å². The van der Waals surface area contributed by atoms with Crippen LogP contribution in [-0.4, -0.2) is 40.4 Å². The molecule has 0 N–H and O–H groups in total. The molecular weight excluding hydrogens is 362 g/mol. The molecule has 3 aromatic rings. The molecule has 1 aliphatic rings. The van der Waals surface area contributed by atoms with E-state index >= 15 is 0 Å². The first-order valence-electron chi connectivity index (χ1n) is 10.3. The van der Waals surface area contributed by atoms with Gasteiger partial charge < -0.3 is 9.64 Å². The number of likely N-dealkylation sites (tertiary alicyclic amines) is 1. The van der Waals surface area contributed by atoms with E-state index in [2.05, 4.69) is 16.9 Å². The average molecular weight is 389 g/mol. The van der Waals surface area contributed by atoms with Gasteiger partial charge in [0, 0.05) is 24.2 Å². The van der Waals surface area contributed by atoms with Gasteiger partial charge in [-0.15, -0.1) is 0 Å². The summed E-state index contributed by atoms with van der Waals surface area (Å²) < 4.78 is 7.31. The molecule has 1 aromatic heterocycles. The van der Waals surface area contributed by atoms with Gasteiger partial charge in [0.2, 0.25) is 0 Å². The average Bonchev–Trinajstić information content (AvgIpc) is 3.17. The van der Waals surface area contributed by atoms with Gasteiger partial charge in [0.05, 0.1) is 18.0 Å². The Kier molecular flexibility index (Phi) is 6.06. The highest BCUT2D eigenvalue weighted by molar-refractivity contribution is 5.58. The smallest absolute Gasteiger partial charge is 0.271 e. The molecule has 1 fully saturated rings. The van der Waals surface area contributed by atoms with Crippen molar-refractivity contribution in [3.8, 4) is 22.7 Å². The van der Waals surface area contributed by atoms with E-state index in [1.165, 1.54) is 24.1 Å². The second-order valence-corrected chi connectivity index (χ2v) is 7.56. The number of nitrogens with zero attached hydrogens (tertiary/aromatic N) is 3. The lowest BCUT2D eigenvalue weighted by Crippen LogP contribution is -2.28. The Balaban J connectivity index is 1.39. The lowest BCUT2D eigenvalue weighted by atomic mass is 10.1. The Hall–Kier alpha value is -2.92. The quantitative estimate of drug-likeness (QED) is 0.570. The SMILES string of the molecule is C[C@@H]1CCCN1CCCOc1ccc(-n2nc(-c3ccccc3)ccc2=O)cc1. The maximum absolute atomic E-state index is 12.3. The molecule has 0 radical (unpaired) electrons. The van der Waals surface area contributed by atoms with Gasteiger partial charge in [-0.1, -0.05) is 30.3 Å². The van der Waals surface area contributed by atoms with Crippen molar-refractivity contribution in [2.45, 2.75) is 32.2 Å². The molecule has 1 saturated heterocycles. The van der Waals surface area contributed by atoms with Crippen LogP contribution in [0.15, 0.2) is 71.5 Å². The van der Waals surface area contributed by atoms with Gasteiger partial charge in [0.15, 0.2) is 0 Å². The molecule has 0 spiro atoms. The third kappa shape index (κ3) is 4.74. The zero-order valence-corrected chi connectivity index (χ0v) is 16.8. The van der Waals surface area contributed by atoms with Crippen molar-refractivity contribution in [2.75, 3.05) is 19.7 Å². The van der Waals surface area contributed by atoms with Crippen LogP contribution in [0.2, 0.25) is 0 Å². The summed E-state index contributed by atoms with van der Waals surface area (Å²) in [7, 11) is 0. The summed E-state index contributed by atoms with van der Waals surface area (Å²) in [5.41, 5.74) is 2.32. The zero-order valence-electron chi connectivity index (χ0n) is 16.8. The number of hydrogen-bond acceptors (Lipinski definition) is 4. The Bertz CT molecular complexity index is 983. The summed E-state index contributed by atoms with van der Waals surface area (Å²) in [5.74, 6) is 0.815. The lowest BCUT2D eigenvalue weighted by Gasteiger charge is -2.20. The van der Waals surface area contributed by atoms with Gasteiger partial charge in [-0.2, -0.15) is 9.78 Å². The molecule has 0 unspecified atom stereocenters. The van der Waals surface area contributed by atoms with E-state index in [0.29, 0.717) is 12.6 Å². The Morgan fingerprint density at radius 2 is 1.83 bits per heavy atom. The first kappa shape index (κ1) is 19.4. The normalized spacial score (nSPS) is 16.8. The predicted octanol–water partition coefficient (Wildman–Crippen LogP) is 4.15. The molecule has 1 atom stereocenters. The molecule has 5 nitrogen and oxygen atoms in total. The first-order valence-corrected chi connectivity index (χ1v) is 10.3. The van der Waals surface area contributed by atoms with E-state index in [-0.39, 0.29) is 5.56 Å². The van der Waals surface area contributed by atoms with Crippen LogP contribution < -0.4 is 10.3 Å². The number of rotatable bonds is 7. The summed E-state index contributed by atoms with van der Waals surface area (Å²) in [6.07, 6.45) is 3.63. The van der Waals surface area contributed by atoms with Crippen molar-refractivity contribution in [1.29, 1.82) is 0 Å². The molecule has 0 saturated carbocycles. The molecule has 1 aliphatic heterocycles. The molecule has 2 aromatic carbocycles. The highest BCUT2D eigenvalue weighted by Crippen LogP contribution is 2.19. The van der Waals surface area contributed by atoms with Gasteiger partial charge >= 0.3 is 0 Å². The monoisotopic (exact) mass is 389 g/mol. The molecule has 2 heterocycles. The fourth-order valence-corrected chi connectivity index (χ4v) is 3.83. The summed E-state index contributed by atoms with van der Waals surface area (Å²) in [5, 5.41) is 4.53. The van der Waals surface area contributed by atoms with E-state index < -0.39 is 0 Å². The van der Waals surface area contributed by atoms with Crippen LogP contribution in [0.5, 0.6) is 5.75 Å². The maximum atomic E-state index is 12.3. The largest absolute Gasteiger partial charge is 0.494 e. The zero-order chi connectivity index (χ0) is 20.1. The van der Waals surface area contributed by atoms with Crippen molar-refractivity contribution in [2.24, 2.45) is 0 Å². The Morgan fingerprint density at radius 1 is 1.03 bits per heavy atom. The number of benzene rings is 2. The lowest BCUT2D eigenvalue weighted by molar-refractivity contribution is 0.230. The third-order valence-corrected chi connectivity index (χ3v) is 5.50. The summed E-state index contributed by atoms with van der Waals surface area (Å²) >= 11 is 0.